The Kier molecular flexibility index (Phi) is 2.63. The minimum atomic E-state index is -0.457. The first-order valence-corrected chi connectivity index (χ1v) is 6.02. The molecule has 1 amide bonds. The van der Waals surface area contributed by atoms with Crippen molar-refractivity contribution in [3.8, 4) is 17.0 Å². The minimum absolute atomic E-state index is 0.134. The van der Waals surface area contributed by atoms with Crippen LogP contribution in [0.5, 0.6) is 5.75 Å². The topological polar surface area (TPSA) is 79.0 Å². The first-order chi connectivity index (χ1) is 9.17. The first kappa shape index (κ1) is 11.6. The molecule has 0 spiro atoms. The third-order valence-corrected chi connectivity index (χ3v) is 3.03. The summed E-state index contributed by atoms with van der Waals surface area (Å²) in [5.74, 6) is 1.25. The molecule has 1 aliphatic rings. The Balaban J connectivity index is 1.97. The number of imidazole rings is 1. The van der Waals surface area contributed by atoms with Crippen LogP contribution < -0.4 is 15.4 Å². The fourth-order valence-electron chi connectivity index (χ4n) is 1.97. The molecule has 2 heterocycles. The Bertz CT molecular complexity index is 635. The number of benzene rings is 1. The van der Waals surface area contributed by atoms with Crippen LogP contribution in [0.2, 0.25) is 0 Å². The Morgan fingerprint density at radius 2 is 2.26 bits per heavy atom. The molecule has 1 atom stereocenters. The SMILES string of the molecule is CNc1ncc(-c2ccc3c(c2)NC(=O)C(C)O3)[nH]1. The van der Waals surface area contributed by atoms with Crippen LogP contribution in [0.3, 0.4) is 0 Å². The molecule has 0 bridgehead atoms. The largest absolute Gasteiger partial charge is 0.479 e. The summed E-state index contributed by atoms with van der Waals surface area (Å²) >= 11 is 0. The second-order valence-corrected chi connectivity index (χ2v) is 4.36. The van der Waals surface area contributed by atoms with Crippen LogP contribution in [0.4, 0.5) is 11.6 Å². The van der Waals surface area contributed by atoms with E-state index in [1.54, 1.807) is 20.2 Å². The molecule has 0 fully saturated rings. The number of amides is 1. The monoisotopic (exact) mass is 258 g/mol. The van der Waals surface area contributed by atoms with Crippen molar-refractivity contribution in [2.75, 3.05) is 17.7 Å². The summed E-state index contributed by atoms with van der Waals surface area (Å²) in [5, 5.41) is 5.76. The number of nitrogens with zero attached hydrogens (tertiary/aromatic N) is 1. The number of ether oxygens (including phenoxy) is 1. The highest BCUT2D eigenvalue weighted by molar-refractivity contribution is 5.98. The predicted molar refractivity (Wildman–Crippen MR) is 72.3 cm³/mol. The van der Waals surface area contributed by atoms with E-state index in [0.29, 0.717) is 17.4 Å². The van der Waals surface area contributed by atoms with Crippen LogP contribution in [-0.4, -0.2) is 29.0 Å². The van der Waals surface area contributed by atoms with Crippen molar-refractivity contribution >= 4 is 17.5 Å². The zero-order valence-corrected chi connectivity index (χ0v) is 10.7. The molecular formula is C13H14N4O2. The van der Waals surface area contributed by atoms with Crippen molar-refractivity contribution in [3.05, 3.63) is 24.4 Å². The Labute approximate surface area is 110 Å². The van der Waals surface area contributed by atoms with Crippen LogP contribution in [0.15, 0.2) is 24.4 Å². The number of anilines is 2. The van der Waals surface area contributed by atoms with Gasteiger partial charge in [-0.15, -0.1) is 0 Å². The highest BCUT2D eigenvalue weighted by Crippen LogP contribution is 2.33. The van der Waals surface area contributed by atoms with E-state index in [4.69, 9.17) is 4.74 Å². The lowest BCUT2D eigenvalue weighted by Crippen LogP contribution is -2.34. The molecule has 0 aliphatic carbocycles. The van der Waals surface area contributed by atoms with E-state index in [0.717, 1.165) is 11.3 Å². The number of rotatable bonds is 2. The smallest absolute Gasteiger partial charge is 0.265 e. The van der Waals surface area contributed by atoms with Gasteiger partial charge >= 0.3 is 0 Å². The molecular weight excluding hydrogens is 244 g/mol. The molecule has 6 nitrogen and oxygen atoms in total. The average molecular weight is 258 g/mol. The molecule has 19 heavy (non-hydrogen) atoms. The van der Waals surface area contributed by atoms with Crippen molar-refractivity contribution in [2.24, 2.45) is 0 Å². The Hall–Kier alpha value is -2.50. The molecule has 1 aromatic heterocycles. The van der Waals surface area contributed by atoms with E-state index in [9.17, 15) is 4.79 Å². The zero-order valence-electron chi connectivity index (χ0n) is 10.7. The fraction of sp³-hybridized carbons (Fsp3) is 0.231. The highest BCUT2D eigenvalue weighted by atomic mass is 16.5. The fourth-order valence-corrected chi connectivity index (χ4v) is 1.97. The van der Waals surface area contributed by atoms with Gasteiger partial charge in [0.2, 0.25) is 0 Å². The summed E-state index contributed by atoms with van der Waals surface area (Å²) < 4.78 is 5.51. The van der Waals surface area contributed by atoms with E-state index in [1.807, 2.05) is 18.2 Å². The van der Waals surface area contributed by atoms with Gasteiger partial charge < -0.3 is 20.4 Å². The summed E-state index contributed by atoms with van der Waals surface area (Å²) in [7, 11) is 1.80. The van der Waals surface area contributed by atoms with Gasteiger partial charge in [0.15, 0.2) is 12.1 Å². The van der Waals surface area contributed by atoms with E-state index in [1.165, 1.54) is 0 Å². The molecule has 1 unspecified atom stereocenters. The summed E-state index contributed by atoms with van der Waals surface area (Å²) in [6, 6.07) is 5.64. The molecule has 0 radical (unpaired) electrons. The van der Waals surface area contributed by atoms with Gasteiger partial charge in [0.25, 0.3) is 5.91 Å². The zero-order chi connectivity index (χ0) is 13.4. The molecule has 1 aliphatic heterocycles. The van der Waals surface area contributed by atoms with Gasteiger partial charge in [-0.2, -0.15) is 0 Å². The van der Waals surface area contributed by atoms with Gasteiger partial charge in [0.1, 0.15) is 5.75 Å². The Morgan fingerprint density at radius 3 is 3.00 bits per heavy atom. The van der Waals surface area contributed by atoms with Crippen LogP contribution in [-0.2, 0) is 4.79 Å². The number of aromatic nitrogens is 2. The van der Waals surface area contributed by atoms with E-state index < -0.39 is 6.10 Å². The number of carbonyl (C=O) groups is 1. The van der Waals surface area contributed by atoms with Crippen molar-refractivity contribution < 1.29 is 9.53 Å². The normalized spacial score (nSPS) is 17.4. The number of aromatic amines is 1. The molecule has 3 N–H and O–H groups in total. The molecule has 6 heteroatoms. The lowest BCUT2D eigenvalue weighted by atomic mass is 10.1. The number of hydrogen-bond acceptors (Lipinski definition) is 4. The number of hydrogen-bond donors (Lipinski definition) is 3. The van der Waals surface area contributed by atoms with Crippen molar-refractivity contribution in [2.45, 2.75) is 13.0 Å². The van der Waals surface area contributed by atoms with Crippen molar-refractivity contribution in [1.82, 2.24) is 9.97 Å². The maximum absolute atomic E-state index is 11.6. The second-order valence-electron chi connectivity index (χ2n) is 4.36. The van der Waals surface area contributed by atoms with Gasteiger partial charge in [-0.3, -0.25) is 4.79 Å². The molecule has 0 saturated heterocycles. The molecule has 1 aromatic carbocycles. The van der Waals surface area contributed by atoms with Crippen molar-refractivity contribution in [1.29, 1.82) is 0 Å². The van der Waals surface area contributed by atoms with Crippen LogP contribution in [0, 0.1) is 0 Å². The van der Waals surface area contributed by atoms with Crippen LogP contribution >= 0.6 is 0 Å². The Morgan fingerprint density at radius 1 is 1.42 bits per heavy atom. The van der Waals surface area contributed by atoms with Crippen molar-refractivity contribution in [3.63, 3.8) is 0 Å². The maximum Gasteiger partial charge on any atom is 0.265 e. The summed E-state index contributed by atoms with van der Waals surface area (Å²) in [5.41, 5.74) is 2.49. The first-order valence-electron chi connectivity index (χ1n) is 6.02. The third-order valence-electron chi connectivity index (χ3n) is 3.03. The van der Waals surface area contributed by atoms with Crippen LogP contribution in [0.1, 0.15) is 6.92 Å². The highest BCUT2D eigenvalue weighted by Gasteiger charge is 2.23. The standard InChI is InChI=1S/C13H14N4O2/c1-7-12(18)16-9-5-8(3-4-11(9)19-7)10-6-15-13(14-2)17-10/h3-7H,1-2H3,(H,16,18)(H2,14,15,17). The van der Waals surface area contributed by atoms with Gasteiger partial charge in [-0.1, -0.05) is 0 Å². The quantitative estimate of drug-likeness (QED) is 0.768. The average Bonchev–Trinajstić information content (AvgIpc) is 2.88. The number of fused-ring (bicyclic) bond motifs is 1. The van der Waals surface area contributed by atoms with Gasteiger partial charge in [-0.25, -0.2) is 4.98 Å². The van der Waals surface area contributed by atoms with E-state index >= 15 is 0 Å². The summed E-state index contributed by atoms with van der Waals surface area (Å²) in [4.78, 5) is 18.9. The number of nitrogens with one attached hydrogen (secondary N) is 3. The van der Waals surface area contributed by atoms with E-state index in [-0.39, 0.29) is 5.91 Å². The molecule has 2 aromatic rings. The predicted octanol–water partition coefficient (Wildman–Crippen LogP) is 1.84. The summed E-state index contributed by atoms with van der Waals surface area (Å²) in [6.07, 6.45) is 1.28. The second kappa shape index (κ2) is 4.31. The summed E-state index contributed by atoms with van der Waals surface area (Å²) in [6.45, 7) is 1.72. The van der Waals surface area contributed by atoms with E-state index in [2.05, 4.69) is 20.6 Å². The van der Waals surface area contributed by atoms with Crippen LogP contribution in [0.25, 0.3) is 11.3 Å². The molecule has 98 valence electrons. The van der Waals surface area contributed by atoms with Gasteiger partial charge in [0, 0.05) is 12.6 Å². The van der Waals surface area contributed by atoms with Gasteiger partial charge in [-0.05, 0) is 25.1 Å². The lowest BCUT2D eigenvalue weighted by molar-refractivity contribution is -0.122. The maximum atomic E-state index is 11.6. The molecule has 0 saturated carbocycles. The van der Waals surface area contributed by atoms with Gasteiger partial charge in [0.05, 0.1) is 17.6 Å². The number of carbonyl (C=O) groups excluding carboxylic acids is 1. The lowest BCUT2D eigenvalue weighted by Gasteiger charge is -2.23. The minimum Gasteiger partial charge on any atom is -0.479 e. The molecule has 3 rings (SSSR count). The third kappa shape index (κ3) is 2.01. The number of H-pyrrole nitrogens is 1.